The van der Waals surface area contributed by atoms with Gasteiger partial charge >= 0.3 is 5.97 Å². The number of thioether (sulfide) groups is 1. The van der Waals surface area contributed by atoms with Crippen LogP contribution in [-0.2, 0) is 6.54 Å². The number of hydrogen-bond donors (Lipinski definition) is 2. The van der Waals surface area contributed by atoms with E-state index in [0.29, 0.717) is 17.8 Å². The average Bonchev–Trinajstić information content (AvgIpc) is 2.52. The lowest BCUT2D eigenvalue weighted by Crippen LogP contribution is -2.07. The maximum absolute atomic E-state index is 11.4. The van der Waals surface area contributed by atoms with Crippen molar-refractivity contribution >= 4 is 23.4 Å². The molecule has 0 aliphatic heterocycles. The standard InChI is InChI=1S/C16H17NO3S/c1-20-12-8-6-11(7-9-12)10-17-13-4-3-5-14(21-2)15(13)16(18)19/h3-9,17H,10H2,1-2H3,(H,18,19). The zero-order valence-electron chi connectivity index (χ0n) is 11.9. The lowest BCUT2D eigenvalue weighted by atomic mass is 10.1. The van der Waals surface area contributed by atoms with E-state index in [0.717, 1.165) is 16.2 Å². The van der Waals surface area contributed by atoms with Crippen molar-refractivity contribution in [2.24, 2.45) is 0 Å². The predicted octanol–water partition coefficient (Wildman–Crippen LogP) is 3.73. The van der Waals surface area contributed by atoms with Gasteiger partial charge in [-0.15, -0.1) is 11.8 Å². The second-order valence-electron chi connectivity index (χ2n) is 4.39. The second-order valence-corrected chi connectivity index (χ2v) is 5.24. The normalized spacial score (nSPS) is 10.2. The highest BCUT2D eigenvalue weighted by molar-refractivity contribution is 7.98. The first-order valence-electron chi connectivity index (χ1n) is 6.42. The van der Waals surface area contributed by atoms with Crippen molar-refractivity contribution in [3.05, 3.63) is 53.6 Å². The molecule has 0 radical (unpaired) electrons. The number of rotatable bonds is 6. The fraction of sp³-hybridized carbons (Fsp3) is 0.188. The molecule has 0 saturated heterocycles. The quantitative estimate of drug-likeness (QED) is 0.796. The van der Waals surface area contributed by atoms with E-state index in [1.807, 2.05) is 42.7 Å². The van der Waals surface area contributed by atoms with Crippen LogP contribution in [-0.4, -0.2) is 24.4 Å². The number of anilines is 1. The zero-order valence-corrected chi connectivity index (χ0v) is 12.7. The molecular formula is C16H17NO3S. The Morgan fingerprint density at radius 3 is 2.52 bits per heavy atom. The monoisotopic (exact) mass is 303 g/mol. The lowest BCUT2D eigenvalue weighted by molar-refractivity contribution is 0.0694. The van der Waals surface area contributed by atoms with Crippen LogP contribution in [0.5, 0.6) is 5.75 Å². The molecule has 2 rings (SSSR count). The lowest BCUT2D eigenvalue weighted by Gasteiger charge is -2.12. The van der Waals surface area contributed by atoms with Crippen LogP contribution in [0.25, 0.3) is 0 Å². The topological polar surface area (TPSA) is 58.6 Å². The third-order valence-electron chi connectivity index (χ3n) is 3.10. The van der Waals surface area contributed by atoms with Crippen LogP contribution in [0.3, 0.4) is 0 Å². The van der Waals surface area contributed by atoms with Crippen LogP contribution >= 0.6 is 11.8 Å². The van der Waals surface area contributed by atoms with Gasteiger partial charge in [0, 0.05) is 11.4 Å². The maximum Gasteiger partial charge on any atom is 0.338 e. The summed E-state index contributed by atoms with van der Waals surface area (Å²) in [6.07, 6.45) is 1.87. The van der Waals surface area contributed by atoms with Crippen LogP contribution in [0.15, 0.2) is 47.4 Å². The summed E-state index contributed by atoms with van der Waals surface area (Å²) in [5.41, 5.74) is 2.00. The fourth-order valence-corrected chi connectivity index (χ4v) is 2.63. The summed E-state index contributed by atoms with van der Waals surface area (Å²) >= 11 is 1.43. The third-order valence-corrected chi connectivity index (χ3v) is 3.88. The molecule has 0 heterocycles. The molecule has 0 fully saturated rings. The van der Waals surface area contributed by atoms with Crippen molar-refractivity contribution in [2.75, 3.05) is 18.7 Å². The second kappa shape index (κ2) is 7.04. The molecule has 21 heavy (non-hydrogen) atoms. The molecule has 2 N–H and O–H groups in total. The molecular weight excluding hydrogens is 286 g/mol. The van der Waals surface area contributed by atoms with E-state index >= 15 is 0 Å². The average molecular weight is 303 g/mol. The number of methoxy groups -OCH3 is 1. The summed E-state index contributed by atoms with van der Waals surface area (Å²) in [7, 11) is 1.63. The number of hydrogen-bond acceptors (Lipinski definition) is 4. The van der Waals surface area contributed by atoms with Crippen LogP contribution in [0, 0.1) is 0 Å². The predicted molar refractivity (Wildman–Crippen MR) is 85.5 cm³/mol. The highest BCUT2D eigenvalue weighted by atomic mass is 32.2. The summed E-state index contributed by atoms with van der Waals surface area (Å²) < 4.78 is 5.11. The van der Waals surface area contributed by atoms with Gasteiger partial charge in [0.05, 0.1) is 18.4 Å². The number of carboxylic acids is 1. The number of nitrogens with one attached hydrogen (secondary N) is 1. The van der Waals surface area contributed by atoms with E-state index in [1.54, 1.807) is 13.2 Å². The molecule has 0 aliphatic carbocycles. The minimum Gasteiger partial charge on any atom is -0.497 e. The summed E-state index contributed by atoms with van der Waals surface area (Å²) in [6.45, 7) is 0.558. The van der Waals surface area contributed by atoms with Crippen molar-refractivity contribution in [3.63, 3.8) is 0 Å². The van der Waals surface area contributed by atoms with Crippen LogP contribution in [0.2, 0.25) is 0 Å². The third kappa shape index (κ3) is 3.70. The molecule has 110 valence electrons. The van der Waals surface area contributed by atoms with Gasteiger partial charge in [-0.05, 0) is 36.1 Å². The van der Waals surface area contributed by atoms with E-state index in [2.05, 4.69) is 5.32 Å². The molecule has 0 spiro atoms. The minimum atomic E-state index is -0.919. The van der Waals surface area contributed by atoms with Crippen molar-refractivity contribution < 1.29 is 14.6 Å². The Bertz CT molecular complexity index is 626. The van der Waals surface area contributed by atoms with Gasteiger partial charge in [0.2, 0.25) is 0 Å². The van der Waals surface area contributed by atoms with E-state index in [1.165, 1.54) is 11.8 Å². The first kappa shape index (κ1) is 15.3. The first-order chi connectivity index (χ1) is 10.2. The molecule has 4 nitrogen and oxygen atoms in total. The Morgan fingerprint density at radius 1 is 1.24 bits per heavy atom. The SMILES string of the molecule is COc1ccc(CNc2cccc(SC)c2C(=O)O)cc1. The Balaban J connectivity index is 2.17. The zero-order chi connectivity index (χ0) is 15.2. The number of ether oxygens (including phenoxy) is 1. The molecule has 0 unspecified atom stereocenters. The van der Waals surface area contributed by atoms with Gasteiger partial charge in [0.25, 0.3) is 0 Å². The molecule has 0 amide bonds. The van der Waals surface area contributed by atoms with Gasteiger partial charge in [-0.2, -0.15) is 0 Å². The molecule has 5 heteroatoms. The number of carbonyl (C=O) groups is 1. The van der Waals surface area contributed by atoms with Crippen molar-refractivity contribution in [1.29, 1.82) is 0 Å². The summed E-state index contributed by atoms with van der Waals surface area (Å²) in [5, 5.41) is 12.6. The molecule has 2 aromatic carbocycles. The summed E-state index contributed by atoms with van der Waals surface area (Å²) in [4.78, 5) is 12.2. The molecule has 0 bridgehead atoms. The number of benzene rings is 2. The molecule has 0 saturated carbocycles. The van der Waals surface area contributed by atoms with Crippen molar-refractivity contribution in [1.82, 2.24) is 0 Å². The molecule has 2 aromatic rings. The fourth-order valence-electron chi connectivity index (χ4n) is 2.01. The summed E-state index contributed by atoms with van der Waals surface area (Å²) in [5.74, 6) is -0.119. The highest BCUT2D eigenvalue weighted by Gasteiger charge is 2.14. The van der Waals surface area contributed by atoms with Gasteiger partial charge in [-0.3, -0.25) is 0 Å². The Kier molecular flexibility index (Phi) is 5.11. The largest absolute Gasteiger partial charge is 0.497 e. The molecule has 0 atom stereocenters. The maximum atomic E-state index is 11.4. The van der Waals surface area contributed by atoms with Gasteiger partial charge in [-0.1, -0.05) is 18.2 Å². The summed E-state index contributed by atoms with van der Waals surface area (Å²) in [6, 6.07) is 13.1. The van der Waals surface area contributed by atoms with E-state index in [9.17, 15) is 9.90 Å². The van der Waals surface area contributed by atoms with Crippen LogP contribution in [0.4, 0.5) is 5.69 Å². The highest BCUT2D eigenvalue weighted by Crippen LogP contribution is 2.27. The number of aromatic carboxylic acids is 1. The van der Waals surface area contributed by atoms with Crippen molar-refractivity contribution in [3.8, 4) is 5.75 Å². The van der Waals surface area contributed by atoms with Gasteiger partial charge in [-0.25, -0.2) is 4.79 Å². The van der Waals surface area contributed by atoms with Crippen LogP contribution < -0.4 is 10.1 Å². The van der Waals surface area contributed by atoms with Crippen LogP contribution in [0.1, 0.15) is 15.9 Å². The molecule has 0 aromatic heterocycles. The molecule has 0 aliphatic rings. The Hall–Kier alpha value is -2.14. The van der Waals surface area contributed by atoms with E-state index in [-0.39, 0.29) is 0 Å². The van der Waals surface area contributed by atoms with Gasteiger partial charge < -0.3 is 15.2 Å². The minimum absolute atomic E-state index is 0.318. The first-order valence-corrected chi connectivity index (χ1v) is 7.65. The van der Waals surface area contributed by atoms with Crippen molar-refractivity contribution in [2.45, 2.75) is 11.4 Å². The van der Waals surface area contributed by atoms with E-state index < -0.39 is 5.97 Å². The Morgan fingerprint density at radius 2 is 1.95 bits per heavy atom. The number of carboxylic acid groups (broad SMARTS) is 1. The smallest absolute Gasteiger partial charge is 0.338 e. The van der Waals surface area contributed by atoms with Gasteiger partial charge in [0.1, 0.15) is 5.75 Å². The van der Waals surface area contributed by atoms with Gasteiger partial charge in [0.15, 0.2) is 0 Å². The Labute approximate surface area is 128 Å². The van der Waals surface area contributed by atoms with E-state index in [4.69, 9.17) is 4.74 Å².